The molecule has 3 aliphatic heterocycles. The van der Waals surface area contributed by atoms with Crippen LogP contribution in [-0.4, -0.2) is 17.6 Å². The molecule has 0 radical (unpaired) electrons. The second kappa shape index (κ2) is 8.48. The average Bonchev–Trinajstić information content (AvgIpc) is 3.53. The Bertz CT molecular complexity index is 1640. The third-order valence-electron chi connectivity index (χ3n) is 8.64. The van der Waals surface area contributed by atoms with Crippen LogP contribution in [0.4, 0.5) is 11.4 Å². The van der Waals surface area contributed by atoms with Gasteiger partial charge in [-0.3, -0.25) is 19.7 Å². The van der Waals surface area contributed by atoms with Gasteiger partial charge in [-0.15, -0.1) is 0 Å². The lowest BCUT2D eigenvalue weighted by Gasteiger charge is -2.36. The van der Waals surface area contributed by atoms with Crippen LogP contribution in [0.1, 0.15) is 35.2 Å². The van der Waals surface area contributed by atoms with Crippen LogP contribution in [0, 0.1) is 5.92 Å². The Morgan fingerprint density at radius 3 is 2.13 bits per heavy atom. The van der Waals surface area contributed by atoms with E-state index >= 15 is 0 Å². The van der Waals surface area contributed by atoms with Crippen LogP contribution < -0.4 is 15.5 Å². The molecule has 3 aliphatic rings. The summed E-state index contributed by atoms with van der Waals surface area (Å²) >= 11 is 0. The first-order valence-corrected chi connectivity index (χ1v) is 13.2. The lowest BCUT2D eigenvalue weighted by molar-refractivity contribution is -0.136. The van der Waals surface area contributed by atoms with E-state index in [9.17, 15) is 14.4 Å². The van der Waals surface area contributed by atoms with Crippen molar-refractivity contribution in [2.75, 3.05) is 10.2 Å². The number of nitrogens with one attached hydrogen (secondary N) is 2. The predicted molar refractivity (Wildman–Crippen MR) is 149 cm³/mol. The topological polar surface area (TPSA) is 78.5 Å². The number of Topliss-reactive ketones (excluding diaryl/α,β-unsaturated/α-hetero) is 1. The lowest BCUT2D eigenvalue weighted by atomic mass is 9.60. The number of para-hydroxylation sites is 2. The second-order valence-corrected chi connectivity index (χ2v) is 10.6. The van der Waals surface area contributed by atoms with E-state index in [0.717, 1.165) is 27.9 Å². The molecule has 0 bridgehead atoms. The Balaban J connectivity index is 1.51. The quantitative estimate of drug-likeness (QED) is 0.408. The summed E-state index contributed by atoms with van der Waals surface area (Å²) in [6, 6.07) is 34.0. The molecule has 0 saturated carbocycles. The zero-order valence-electron chi connectivity index (χ0n) is 21.4. The molecule has 0 aromatic heterocycles. The maximum atomic E-state index is 14.8. The lowest BCUT2D eigenvalue weighted by Crippen LogP contribution is -2.55. The first kappa shape index (κ1) is 23.6. The minimum absolute atomic E-state index is 0.211. The normalized spacial score (nSPS) is 26.6. The average molecular weight is 514 g/mol. The minimum atomic E-state index is -1.42. The van der Waals surface area contributed by atoms with E-state index in [1.165, 1.54) is 6.92 Å². The maximum Gasteiger partial charge on any atom is 0.253 e. The van der Waals surface area contributed by atoms with Gasteiger partial charge in [-0.2, -0.15) is 0 Å². The van der Waals surface area contributed by atoms with E-state index in [0.29, 0.717) is 12.2 Å². The molecule has 2 amide bonds. The predicted octanol–water partition coefficient (Wildman–Crippen LogP) is 4.87. The molecular weight excluding hydrogens is 486 g/mol. The Morgan fingerprint density at radius 1 is 0.795 bits per heavy atom. The van der Waals surface area contributed by atoms with Crippen molar-refractivity contribution >= 4 is 29.0 Å². The Kier molecular flexibility index (Phi) is 5.12. The van der Waals surface area contributed by atoms with Gasteiger partial charge >= 0.3 is 0 Å². The summed E-state index contributed by atoms with van der Waals surface area (Å²) < 4.78 is 0. The minimum Gasteiger partial charge on any atom is -0.325 e. The molecule has 3 heterocycles. The van der Waals surface area contributed by atoms with Crippen LogP contribution in [0.5, 0.6) is 0 Å². The first-order valence-electron chi connectivity index (χ1n) is 13.2. The fourth-order valence-electron chi connectivity index (χ4n) is 7.25. The second-order valence-electron chi connectivity index (χ2n) is 10.6. The molecule has 4 atom stereocenters. The van der Waals surface area contributed by atoms with E-state index in [1.807, 2.05) is 109 Å². The molecule has 6 heteroatoms. The molecule has 4 aromatic rings. The van der Waals surface area contributed by atoms with E-state index in [-0.39, 0.29) is 17.6 Å². The van der Waals surface area contributed by atoms with Gasteiger partial charge in [0, 0.05) is 16.9 Å². The van der Waals surface area contributed by atoms with Crippen LogP contribution in [0.15, 0.2) is 109 Å². The van der Waals surface area contributed by atoms with Gasteiger partial charge in [0.05, 0.1) is 18.5 Å². The smallest absolute Gasteiger partial charge is 0.253 e. The monoisotopic (exact) mass is 513 g/mol. The molecule has 0 unspecified atom stereocenters. The Morgan fingerprint density at radius 2 is 1.41 bits per heavy atom. The largest absolute Gasteiger partial charge is 0.325 e. The molecule has 2 spiro atoms. The van der Waals surface area contributed by atoms with Crippen molar-refractivity contribution in [3.05, 3.63) is 131 Å². The number of carbonyl (C=O) groups excluding carboxylic acids is 3. The van der Waals surface area contributed by atoms with Crippen molar-refractivity contribution in [3.8, 4) is 0 Å². The maximum absolute atomic E-state index is 14.8. The van der Waals surface area contributed by atoms with Gasteiger partial charge in [-0.25, -0.2) is 0 Å². The number of amides is 2. The number of benzene rings is 4. The SMILES string of the molecule is CC(=O)[C@@H]1[C@]2(C(=O)Nc3ccccc32)[C@H](c2ccccc2)N[C@@]12C(=O)N(Cc1ccccc1)c1ccccc12. The Hall–Kier alpha value is -4.55. The van der Waals surface area contributed by atoms with Crippen molar-refractivity contribution in [2.24, 2.45) is 5.92 Å². The molecular formula is C33H27N3O3. The standard InChI is InChI=1S/C33H27N3O3/c1-21(37)28-32(24-16-8-10-18-26(24)34-30(32)38)29(23-14-6-3-7-15-23)35-33(28)25-17-9-11-19-27(25)36(31(33)39)20-22-12-4-2-5-13-22/h2-19,28-29,35H,20H2,1H3,(H,34,38)/t28-,29+,32+,33-/m1/s1. The molecule has 7 rings (SSSR count). The number of carbonyl (C=O) groups is 3. The summed E-state index contributed by atoms with van der Waals surface area (Å²) in [6.45, 7) is 1.86. The first-order chi connectivity index (χ1) is 19.0. The third kappa shape index (κ3) is 3.03. The molecule has 4 aromatic carbocycles. The highest BCUT2D eigenvalue weighted by atomic mass is 16.2. The van der Waals surface area contributed by atoms with Crippen LogP contribution >= 0.6 is 0 Å². The molecule has 6 nitrogen and oxygen atoms in total. The van der Waals surface area contributed by atoms with Gasteiger partial charge in [-0.1, -0.05) is 97.1 Å². The van der Waals surface area contributed by atoms with Crippen molar-refractivity contribution in [2.45, 2.75) is 30.5 Å². The van der Waals surface area contributed by atoms with E-state index < -0.39 is 22.9 Å². The fraction of sp³-hybridized carbons (Fsp3) is 0.182. The highest BCUT2D eigenvalue weighted by Gasteiger charge is 2.75. The van der Waals surface area contributed by atoms with Crippen LogP contribution in [0.2, 0.25) is 0 Å². The number of ketones is 1. The zero-order chi connectivity index (χ0) is 26.8. The number of fused-ring (bicyclic) bond motifs is 4. The van der Waals surface area contributed by atoms with E-state index in [2.05, 4.69) is 10.6 Å². The Labute approximate surface area is 226 Å². The summed E-state index contributed by atoms with van der Waals surface area (Å²) in [5, 5.41) is 6.72. The molecule has 0 aliphatic carbocycles. The fourth-order valence-corrected chi connectivity index (χ4v) is 7.25. The van der Waals surface area contributed by atoms with E-state index in [4.69, 9.17) is 0 Å². The van der Waals surface area contributed by atoms with Gasteiger partial charge in [0.25, 0.3) is 5.91 Å². The van der Waals surface area contributed by atoms with Crippen molar-refractivity contribution in [1.82, 2.24) is 5.32 Å². The summed E-state index contributed by atoms with van der Waals surface area (Å²) in [5.74, 6) is -1.68. The van der Waals surface area contributed by atoms with E-state index in [1.54, 1.807) is 4.90 Å². The van der Waals surface area contributed by atoms with Gasteiger partial charge < -0.3 is 10.2 Å². The summed E-state index contributed by atoms with van der Waals surface area (Å²) in [4.78, 5) is 44.8. The molecule has 2 N–H and O–H groups in total. The van der Waals surface area contributed by atoms with Gasteiger partial charge in [-0.05, 0) is 35.7 Å². The molecule has 1 saturated heterocycles. The number of hydrogen-bond acceptors (Lipinski definition) is 4. The third-order valence-corrected chi connectivity index (χ3v) is 8.64. The number of hydrogen-bond donors (Lipinski definition) is 2. The van der Waals surface area contributed by atoms with Crippen molar-refractivity contribution < 1.29 is 14.4 Å². The van der Waals surface area contributed by atoms with Crippen LogP contribution in [0.3, 0.4) is 0 Å². The molecule has 1 fully saturated rings. The number of rotatable bonds is 4. The summed E-state index contributed by atoms with van der Waals surface area (Å²) in [5.41, 5.74) is 1.96. The van der Waals surface area contributed by atoms with Gasteiger partial charge in [0.1, 0.15) is 16.7 Å². The summed E-state index contributed by atoms with van der Waals surface area (Å²) in [6.07, 6.45) is 0. The molecule has 39 heavy (non-hydrogen) atoms. The van der Waals surface area contributed by atoms with Gasteiger partial charge in [0.2, 0.25) is 5.91 Å². The van der Waals surface area contributed by atoms with Crippen molar-refractivity contribution in [1.29, 1.82) is 0 Å². The number of nitrogens with zero attached hydrogens (tertiary/aromatic N) is 1. The zero-order valence-corrected chi connectivity index (χ0v) is 21.4. The van der Waals surface area contributed by atoms with Crippen molar-refractivity contribution in [3.63, 3.8) is 0 Å². The highest BCUT2D eigenvalue weighted by Crippen LogP contribution is 2.64. The van der Waals surface area contributed by atoms with Crippen LogP contribution in [-0.2, 0) is 31.9 Å². The summed E-state index contributed by atoms with van der Waals surface area (Å²) in [7, 11) is 0. The number of anilines is 2. The molecule has 192 valence electrons. The highest BCUT2D eigenvalue weighted by molar-refractivity contribution is 6.16. The van der Waals surface area contributed by atoms with Crippen LogP contribution in [0.25, 0.3) is 0 Å². The van der Waals surface area contributed by atoms with Gasteiger partial charge in [0.15, 0.2) is 0 Å².